The zero-order valence-corrected chi connectivity index (χ0v) is 23.7. The Labute approximate surface area is 221 Å². The van der Waals surface area contributed by atoms with Crippen LogP contribution in [0.5, 0.6) is 0 Å². The second kappa shape index (κ2) is 13.1. The number of carbonyl (C=O) groups is 1. The molecule has 2 aromatic heterocycles. The highest BCUT2D eigenvalue weighted by Crippen LogP contribution is 2.40. The average molecular weight is 646 g/mol. The monoisotopic (exact) mass is 646 g/mol. The summed E-state index contributed by atoms with van der Waals surface area (Å²) >= 11 is 3.82. The Morgan fingerprint density at radius 3 is 2.74 bits per heavy atom. The van der Waals surface area contributed by atoms with E-state index in [9.17, 15) is 19.8 Å². The maximum absolute atomic E-state index is 12.0. The molecule has 0 aliphatic carbocycles. The van der Waals surface area contributed by atoms with Gasteiger partial charge in [-0.3, -0.25) is 19.8 Å². The summed E-state index contributed by atoms with van der Waals surface area (Å²) in [7, 11) is -1.63. The number of anilines is 1. The van der Waals surface area contributed by atoms with Crippen LogP contribution in [-0.4, -0.2) is 83.5 Å². The van der Waals surface area contributed by atoms with Crippen LogP contribution in [0.4, 0.5) is 5.95 Å². The molecular formula is C19H32IN6O7PS. The summed E-state index contributed by atoms with van der Waals surface area (Å²) < 4.78 is 18.8. The SMILES string of the molecule is CC(C)(C=O)CI.CSCCOP(N)OCC1OC(n2cnc3c(=O)[nH]c(N)nc32)C(C)(O)C1O. The van der Waals surface area contributed by atoms with Gasteiger partial charge in [0.1, 0.15) is 24.1 Å². The van der Waals surface area contributed by atoms with Crippen molar-refractivity contribution in [2.45, 2.75) is 44.8 Å². The quantitative estimate of drug-likeness (QED) is 0.0806. The molecule has 1 aliphatic rings. The Morgan fingerprint density at radius 1 is 1.49 bits per heavy atom. The molecule has 0 spiro atoms. The van der Waals surface area contributed by atoms with E-state index in [1.807, 2.05) is 20.1 Å². The number of nitrogens with zero attached hydrogens (tertiary/aromatic N) is 3. The van der Waals surface area contributed by atoms with Gasteiger partial charge in [0.25, 0.3) is 14.1 Å². The summed E-state index contributed by atoms with van der Waals surface area (Å²) in [6, 6.07) is 0. The molecule has 0 bridgehead atoms. The molecule has 16 heteroatoms. The Hall–Kier alpha value is -0.910. The van der Waals surface area contributed by atoms with Crippen molar-refractivity contribution < 1.29 is 28.8 Å². The Balaban J connectivity index is 0.000000540. The van der Waals surface area contributed by atoms with E-state index in [1.54, 1.807) is 11.8 Å². The molecule has 1 saturated heterocycles. The molecule has 2 aromatic rings. The molecule has 3 rings (SSSR count). The number of nitrogens with two attached hydrogens (primary N) is 2. The first kappa shape index (κ1) is 30.3. The number of imidazole rings is 1. The van der Waals surface area contributed by atoms with Crippen molar-refractivity contribution in [1.82, 2.24) is 19.5 Å². The summed E-state index contributed by atoms with van der Waals surface area (Å²) in [4.78, 5) is 32.4. The van der Waals surface area contributed by atoms with Crippen LogP contribution in [-0.2, 0) is 18.6 Å². The minimum absolute atomic E-state index is 0.0375. The number of nitrogens with one attached hydrogen (secondary N) is 1. The van der Waals surface area contributed by atoms with Gasteiger partial charge in [-0.05, 0) is 13.2 Å². The highest BCUT2D eigenvalue weighted by molar-refractivity contribution is 14.1. The van der Waals surface area contributed by atoms with Gasteiger partial charge in [-0.15, -0.1) is 0 Å². The van der Waals surface area contributed by atoms with Crippen molar-refractivity contribution in [2.75, 3.05) is 35.4 Å². The van der Waals surface area contributed by atoms with Crippen molar-refractivity contribution in [2.24, 2.45) is 10.9 Å². The zero-order valence-electron chi connectivity index (χ0n) is 19.9. The summed E-state index contributed by atoms with van der Waals surface area (Å²) in [5.41, 5.74) is 9.20. The van der Waals surface area contributed by atoms with E-state index >= 15 is 0 Å². The summed E-state index contributed by atoms with van der Waals surface area (Å²) in [5.74, 6) is 0.676. The van der Waals surface area contributed by atoms with Gasteiger partial charge >= 0.3 is 0 Å². The minimum atomic E-state index is -1.71. The molecular weight excluding hydrogens is 614 g/mol. The molecule has 5 unspecified atom stereocenters. The van der Waals surface area contributed by atoms with Crippen LogP contribution in [0, 0.1) is 5.41 Å². The van der Waals surface area contributed by atoms with Crippen LogP contribution >= 0.6 is 42.9 Å². The number of aliphatic hydroxyl groups excluding tert-OH is 1. The third-order valence-corrected chi connectivity index (χ3v) is 8.37. The maximum atomic E-state index is 12.0. The lowest BCUT2D eigenvalue weighted by Crippen LogP contribution is -2.44. The molecule has 198 valence electrons. The van der Waals surface area contributed by atoms with Crippen LogP contribution < -0.4 is 16.8 Å². The van der Waals surface area contributed by atoms with Crippen LogP contribution in [0.2, 0.25) is 0 Å². The maximum Gasteiger partial charge on any atom is 0.280 e. The lowest BCUT2D eigenvalue weighted by atomic mass is 9.96. The van der Waals surface area contributed by atoms with Gasteiger partial charge < -0.3 is 34.5 Å². The normalized spacial score (nSPS) is 25.3. The number of carbonyl (C=O) groups excluding carboxylic acids is 1. The average Bonchev–Trinajstić information content (AvgIpc) is 3.31. The van der Waals surface area contributed by atoms with Gasteiger partial charge in [0.05, 0.1) is 19.5 Å². The van der Waals surface area contributed by atoms with Crippen molar-refractivity contribution in [1.29, 1.82) is 0 Å². The first-order valence-electron chi connectivity index (χ1n) is 10.5. The third-order valence-electron chi connectivity index (χ3n) is 4.99. The molecule has 7 N–H and O–H groups in total. The Morgan fingerprint density at radius 2 is 2.17 bits per heavy atom. The molecule has 3 heterocycles. The van der Waals surface area contributed by atoms with Crippen molar-refractivity contribution in [3.8, 4) is 0 Å². The number of nitrogen functional groups attached to an aromatic ring is 1. The molecule has 5 atom stereocenters. The van der Waals surface area contributed by atoms with E-state index in [1.165, 1.54) is 17.8 Å². The third kappa shape index (κ3) is 7.79. The largest absolute Gasteiger partial charge is 0.387 e. The van der Waals surface area contributed by atoms with E-state index in [4.69, 9.17) is 25.0 Å². The number of aldehydes is 1. The Kier molecular flexibility index (Phi) is 11.3. The predicted molar refractivity (Wildman–Crippen MR) is 143 cm³/mol. The fraction of sp³-hybridized carbons (Fsp3) is 0.684. The predicted octanol–water partition coefficient (Wildman–Crippen LogP) is 0.939. The molecule has 0 aromatic carbocycles. The number of hydrogen-bond donors (Lipinski definition) is 5. The Bertz CT molecular complexity index is 1040. The molecule has 0 saturated carbocycles. The van der Waals surface area contributed by atoms with Gasteiger partial charge in [-0.25, -0.2) is 4.98 Å². The van der Waals surface area contributed by atoms with Crippen molar-refractivity contribution >= 4 is 66.3 Å². The fourth-order valence-corrected chi connectivity index (χ4v) is 4.11. The molecule has 1 fully saturated rings. The lowest BCUT2D eigenvalue weighted by Gasteiger charge is -2.27. The standard InChI is InChI=1S/C14H23N6O6PS.C5H9IO/c1-14(23)9(21)7(5-25-27(16)24-3-4-28-2)26-12(14)20-6-17-8-10(20)18-13(15)19-11(8)22;1-5(2,3-6)4-7/h6-7,9,12,21,23H,3-5,16H2,1-2H3,(H3,15,18,19,22);4H,3H2,1-2H3. The number of hydrogen-bond acceptors (Lipinski definition) is 12. The number of ether oxygens (including phenoxy) is 1. The van der Waals surface area contributed by atoms with Gasteiger partial charge in [0.15, 0.2) is 17.4 Å². The van der Waals surface area contributed by atoms with Gasteiger partial charge in [-0.2, -0.15) is 16.7 Å². The number of thioether (sulfide) groups is 1. The van der Waals surface area contributed by atoms with E-state index < -0.39 is 38.1 Å². The minimum Gasteiger partial charge on any atom is -0.387 e. The van der Waals surface area contributed by atoms with Gasteiger partial charge in [0, 0.05) is 15.6 Å². The van der Waals surface area contributed by atoms with Crippen molar-refractivity contribution in [3.05, 3.63) is 16.7 Å². The highest BCUT2D eigenvalue weighted by atomic mass is 127. The summed E-state index contributed by atoms with van der Waals surface area (Å²) in [6.07, 6.45) is 0.987. The number of aromatic amines is 1. The van der Waals surface area contributed by atoms with Gasteiger partial charge in [-0.1, -0.05) is 36.4 Å². The van der Waals surface area contributed by atoms with E-state index in [0.29, 0.717) is 6.61 Å². The van der Waals surface area contributed by atoms with Crippen LogP contribution in [0.15, 0.2) is 11.1 Å². The molecule has 1 aliphatic heterocycles. The van der Waals surface area contributed by atoms with Crippen LogP contribution in [0.1, 0.15) is 27.0 Å². The lowest BCUT2D eigenvalue weighted by molar-refractivity contribution is -0.113. The van der Waals surface area contributed by atoms with Gasteiger partial charge in [0.2, 0.25) is 5.95 Å². The second-order valence-electron chi connectivity index (χ2n) is 8.62. The second-order valence-corrected chi connectivity index (χ2v) is 11.5. The molecule has 0 amide bonds. The van der Waals surface area contributed by atoms with Crippen LogP contribution in [0.25, 0.3) is 11.2 Å². The smallest absolute Gasteiger partial charge is 0.280 e. The number of alkyl halides is 1. The molecule has 35 heavy (non-hydrogen) atoms. The van der Waals surface area contributed by atoms with E-state index in [2.05, 4.69) is 37.5 Å². The number of fused-ring (bicyclic) bond motifs is 1. The molecule has 13 nitrogen and oxygen atoms in total. The molecule has 0 radical (unpaired) electrons. The van der Waals surface area contributed by atoms with Crippen LogP contribution in [0.3, 0.4) is 0 Å². The number of H-pyrrole nitrogens is 1. The van der Waals surface area contributed by atoms with E-state index in [0.717, 1.165) is 16.5 Å². The first-order valence-corrected chi connectivity index (χ1v) is 14.6. The number of rotatable bonds is 10. The number of aliphatic hydroxyl groups is 2. The number of aromatic nitrogens is 4. The summed E-state index contributed by atoms with van der Waals surface area (Å²) in [6.45, 7) is 5.61. The summed E-state index contributed by atoms with van der Waals surface area (Å²) in [5, 5.41) is 21.3. The topological polar surface area (TPSA) is 201 Å². The fourth-order valence-electron chi connectivity index (χ4n) is 2.92. The highest BCUT2D eigenvalue weighted by Gasteiger charge is 2.53. The van der Waals surface area contributed by atoms with E-state index in [-0.39, 0.29) is 29.1 Å². The first-order chi connectivity index (χ1) is 16.4. The van der Waals surface area contributed by atoms with Crippen molar-refractivity contribution in [3.63, 3.8) is 0 Å². The number of halogens is 1. The zero-order chi connectivity index (χ0) is 26.4.